The van der Waals surface area contributed by atoms with E-state index in [1.54, 1.807) is 0 Å². The Morgan fingerprint density at radius 3 is 2.57 bits per heavy atom. The molecule has 35 heavy (non-hydrogen) atoms. The SMILES string of the molecule is CCCCCC(=O)N(CCN1CCN(C(=O)c2cccc(Br)c2)CC1)CC1=CCC2CC1C2(C)C. The normalized spacial score (nSPS) is 23.4. The molecule has 1 aliphatic heterocycles. The summed E-state index contributed by atoms with van der Waals surface area (Å²) in [6.07, 6.45) is 8.80. The van der Waals surface area contributed by atoms with E-state index in [-0.39, 0.29) is 5.91 Å². The van der Waals surface area contributed by atoms with Crippen LogP contribution in [0.5, 0.6) is 0 Å². The van der Waals surface area contributed by atoms with Crippen LogP contribution in [0.25, 0.3) is 0 Å². The highest BCUT2D eigenvalue weighted by Crippen LogP contribution is 2.59. The zero-order chi connectivity index (χ0) is 25.0. The predicted molar refractivity (Wildman–Crippen MR) is 145 cm³/mol. The van der Waals surface area contributed by atoms with E-state index in [2.05, 4.69) is 52.6 Å². The van der Waals surface area contributed by atoms with Crippen molar-refractivity contribution in [3.05, 3.63) is 46.0 Å². The molecule has 1 aromatic carbocycles. The Balaban J connectivity index is 1.31. The number of rotatable bonds is 10. The van der Waals surface area contributed by atoms with Gasteiger partial charge >= 0.3 is 0 Å². The summed E-state index contributed by atoms with van der Waals surface area (Å²) < 4.78 is 0.930. The summed E-state index contributed by atoms with van der Waals surface area (Å²) in [6, 6.07) is 7.62. The van der Waals surface area contributed by atoms with Gasteiger partial charge in [-0.2, -0.15) is 0 Å². The zero-order valence-corrected chi connectivity index (χ0v) is 23.4. The average Bonchev–Trinajstić information content (AvgIpc) is 2.86. The number of fused-ring (bicyclic) bond motifs is 1. The molecule has 1 saturated carbocycles. The fraction of sp³-hybridized carbons (Fsp3) is 0.655. The van der Waals surface area contributed by atoms with Crippen molar-refractivity contribution in [1.29, 1.82) is 0 Å². The first-order valence-electron chi connectivity index (χ1n) is 13.5. The maximum absolute atomic E-state index is 13.2. The first-order chi connectivity index (χ1) is 16.8. The van der Waals surface area contributed by atoms with Gasteiger partial charge in [0.25, 0.3) is 5.91 Å². The largest absolute Gasteiger partial charge is 0.337 e. The van der Waals surface area contributed by atoms with E-state index in [1.165, 1.54) is 18.4 Å². The highest BCUT2D eigenvalue weighted by molar-refractivity contribution is 9.10. The van der Waals surface area contributed by atoms with Crippen LogP contribution in [0.1, 0.15) is 69.7 Å². The number of unbranched alkanes of at least 4 members (excludes halogenated alkanes) is 2. The minimum atomic E-state index is 0.101. The molecule has 4 aliphatic rings. The Morgan fingerprint density at radius 1 is 1.14 bits per heavy atom. The summed E-state index contributed by atoms with van der Waals surface area (Å²) >= 11 is 3.46. The van der Waals surface area contributed by atoms with Gasteiger partial charge in [-0.05, 0) is 54.7 Å². The Hall–Kier alpha value is -1.66. The average molecular weight is 545 g/mol. The summed E-state index contributed by atoms with van der Waals surface area (Å²) in [5, 5.41) is 0. The van der Waals surface area contributed by atoms with Crippen LogP contribution in [-0.2, 0) is 4.79 Å². The van der Waals surface area contributed by atoms with Gasteiger partial charge < -0.3 is 9.80 Å². The van der Waals surface area contributed by atoms with E-state index < -0.39 is 0 Å². The lowest BCUT2D eigenvalue weighted by atomic mass is 9.49. The minimum Gasteiger partial charge on any atom is -0.337 e. The summed E-state index contributed by atoms with van der Waals surface area (Å²) in [6.45, 7) is 12.6. The second-order valence-corrected chi connectivity index (χ2v) is 12.2. The lowest BCUT2D eigenvalue weighted by Crippen LogP contribution is -2.52. The van der Waals surface area contributed by atoms with Crippen LogP contribution < -0.4 is 0 Å². The number of nitrogens with zero attached hydrogens (tertiary/aromatic N) is 3. The fourth-order valence-electron chi connectivity index (χ4n) is 6.09. The minimum absolute atomic E-state index is 0.101. The van der Waals surface area contributed by atoms with Crippen LogP contribution >= 0.6 is 15.9 Å². The number of carbonyl (C=O) groups excluding carboxylic acids is 2. The number of allylic oxidation sites excluding steroid dienone is 1. The van der Waals surface area contributed by atoms with Gasteiger partial charge in [-0.3, -0.25) is 14.5 Å². The van der Waals surface area contributed by atoms with Gasteiger partial charge in [0.15, 0.2) is 0 Å². The van der Waals surface area contributed by atoms with Crippen LogP contribution in [-0.4, -0.2) is 72.3 Å². The Morgan fingerprint density at radius 2 is 1.91 bits per heavy atom. The number of piperazine rings is 1. The molecule has 0 N–H and O–H groups in total. The molecule has 6 heteroatoms. The molecule has 2 amide bonds. The van der Waals surface area contributed by atoms with Crippen LogP contribution in [0.3, 0.4) is 0 Å². The highest BCUT2D eigenvalue weighted by atomic mass is 79.9. The molecule has 1 saturated heterocycles. The maximum Gasteiger partial charge on any atom is 0.253 e. The molecule has 192 valence electrons. The molecule has 2 unspecified atom stereocenters. The monoisotopic (exact) mass is 543 g/mol. The Labute approximate surface area is 220 Å². The molecule has 0 spiro atoms. The molecule has 2 fully saturated rings. The van der Waals surface area contributed by atoms with Crippen molar-refractivity contribution in [2.45, 2.75) is 59.3 Å². The van der Waals surface area contributed by atoms with Crippen LogP contribution in [0, 0.1) is 17.3 Å². The topological polar surface area (TPSA) is 43.9 Å². The molecule has 2 atom stereocenters. The van der Waals surface area contributed by atoms with Gasteiger partial charge in [-0.1, -0.05) is 67.3 Å². The van der Waals surface area contributed by atoms with Gasteiger partial charge in [0.05, 0.1) is 0 Å². The number of carbonyl (C=O) groups is 2. The third kappa shape index (κ3) is 6.19. The fourth-order valence-corrected chi connectivity index (χ4v) is 6.49. The van der Waals surface area contributed by atoms with E-state index in [1.807, 2.05) is 29.2 Å². The number of hydrogen-bond acceptors (Lipinski definition) is 3. The Kier molecular flexibility index (Phi) is 8.75. The summed E-state index contributed by atoms with van der Waals surface area (Å²) in [5.74, 6) is 1.87. The molecule has 5 nitrogen and oxygen atoms in total. The lowest BCUT2D eigenvalue weighted by molar-refractivity contribution is -0.131. The number of halogens is 1. The smallest absolute Gasteiger partial charge is 0.253 e. The van der Waals surface area contributed by atoms with Crippen molar-refractivity contribution >= 4 is 27.7 Å². The predicted octanol–water partition coefficient (Wildman–Crippen LogP) is 5.61. The zero-order valence-electron chi connectivity index (χ0n) is 21.8. The molecule has 1 aromatic rings. The molecular weight excluding hydrogens is 502 g/mol. The standard InChI is InChI=1S/C29H42BrN3O2/c1-4-5-6-10-27(34)33(21-23-11-12-24-20-26(23)29(24,2)3)18-15-31-13-16-32(17-14-31)28(35)22-8-7-9-25(30)19-22/h7-9,11,19,24,26H,4-6,10,12-18,20-21H2,1-3H3. The van der Waals surface area contributed by atoms with Crippen molar-refractivity contribution in [2.24, 2.45) is 17.3 Å². The van der Waals surface area contributed by atoms with Crippen molar-refractivity contribution < 1.29 is 9.59 Å². The van der Waals surface area contributed by atoms with E-state index >= 15 is 0 Å². The van der Waals surface area contributed by atoms with Gasteiger partial charge in [-0.15, -0.1) is 0 Å². The quantitative estimate of drug-likeness (QED) is 0.284. The van der Waals surface area contributed by atoms with Gasteiger partial charge in [0, 0.05) is 62.3 Å². The summed E-state index contributed by atoms with van der Waals surface area (Å²) in [4.78, 5) is 32.6. The van der Waals surface area contributed by atoms with E-state index in [0.29, 0.717) is 23.7 Å². The van der Waals surface area contributed by atoms with Crippen LogP contribution in [0.2, 0.25) is 0 Å². The molecule has 0 radical (unpaired) electrons. The van der Waals surface area contributed by atoms with Gasteiger partial charge in [-0.25, -0.2) is 0 Å². The number of hydrogen-bond donors (Lipinski definition) is 0. The van der Waals surface area contributed by atoms with Crippen LogP contribution in [0.4, 0.5) is 0 Å². The first kappa shape index (κ1) is 26.4. The highest BCUT2D eigenvalue weighted by Gasteiger charge is 2.51. The number of benzene rings is 1. The van der Waals surface area contributed by atoms with E-state index in [9.17, 15) is 9.59 Å². The van der Waals surface area contributed by atoms with E-state index in [4.69, 9.17) is 0 Å². The third-order valence-corrected chi connectivity index (χ3v) is 9.21. The molecule has 0 aromatic heterocycles. The van der Waals surface area contributed by atoms with Crippen LogP contribution in [0.15, 0.2) is 40.4 Å². The summed E-state index contributed by atoms with van der Waals surface area (Å²) in [7, 11) is 0. The van der Waals surface area contributed by atoms with Gasteiger partial charge in [0.2, 0.25) is 5.91 Å². The first-order valence-corrected chi connectivity index (χ1v) is 14.3. The molecule has 5 rings (SSSR count). The van der Waals surface area contributed by atoms with Crippen molar-refractivity contribution in [3.8, 4) is 0 Å². The van der Waals surface area contributed by atoms with Crippen molar-refractivity contribution in [2.75, 3.05) is 45.8 Å². The lowest BCUT2D eigenvalue weighted by Gasteiger charge is -2.57. The second kappa shape index (κ2) is 11.6. The van der Waals surface area contributed by atoms with Crippen molar-refractivity contribution in [1.82, 2.24) is 14.7 Å². The van der Waals surface area contributed by atoms with E-state index in [0.717, 1.165) is 81.0 Å². The summed E-state index contributed by atoms with van der Waals surface area (Å²) in [5.41, 5.74) is 2.61. The van der Waals surface area contributed by atoms with Crippen molar-refractivity contribution in [3.63, 3.8) is 0 Å². The number of amides is 2. The molecule has 1 heterocycles. The maximum atomic E-state index is 13.2. The molecule has 3 aliphatic carbocycles. The Bertz CT molecular complexity index is 936. The molecular formula is C29H42BrN3O2. The third-order valence-electron chi connectivity index (χ3n) is 8.72. The molecule has 2 bridgehead atoms. The second-order valence-electron chi connectivity index (χ2n) is 11.2. The van der Waals surface area contributed by atoms with Gasteiger partial charge in [0.1, 0.15) is 0 Å².